The first-order valence-electron chi connectivity index (χ1n) is 5.60. The van der Waals surface area contributed by atoms with Crippen LogP contribution in [0.5, 0.6) is 5.75 Å². The van der Waals surface area contributed by atoms with Crippen molar-refractivity contribution in [3.63, 3.8) is 0 Å². The first-order valence-corrected chi connectivity index (χ1v) is 5.60. The van der Waals surface area contributed by atoms with Gasteiger partial charge in [-0.05, 0) is 31.2 Å². The SMILES string of the molecule is CCC(OC)C(NC)c1ccc(OC)cc1. The Morgan fingerprint density at radius 3 is 2.19 bits per heavy atom. The Labute approximate surface area is 97.8 Å². The van der Waals surface area contributed by atoms with E-state index in [1.165, 1.54) is 5.56 Å². The van der Waals surface area contributed by atoms with Gasteiger partial charge in [-0.25, -0.2) is 0 Å². The predicted octanol–water partition coefficient (Wildman–Crippen LogP) is 2.38. The highest BCUT2D eigenvalue weighted by Crippen LogP contribution is 2.23. The molecule has 2 atom stereocenters. The maximum Gasteiger partial charge on any atom is 0.118 e. The average Bonchev–Trinajstić information content (AvgIpc) is 2.36. The van der Waals surface area contributed by atoms with Crippen LogP contribution in [0.4, 0.5) is 0 Å². The van der Waals surface area contributed by atoms with Crippen molar-refractivity contribution in [1.29, 1.82) is 0 Å². The Balaban J connectivity index is 2.85. The minimum absolute atomic E-state index is 0.193. The smallest absolute Gasteiger partial charge is 0.118 e. The third-order valence-electron chi connectivity index (χ3n) is 2.86. The molecule has 0 saturated carbocycles. The van der Waals surface area contributed by atoms with Gasteiger partial charge in [0, 0.05) is 7.11 Å². The molecule has 0 bridgehead atoms. The molecule has 3 nitrogen and oxygen atoms in total. The summed E-state index contributed by atoms with van der Waals surface area (Å²) in [5.74, 6) is 0.879. The fraction of sp³-hybridized carbons (Fsp3) is 0.538. The number of hydrogen-bond donors (Lipinski definition) is 1. The number of nitrogens with one attached hydrogen (secondary N) is 1. The van der Waals surface area contributed by atoms with E-state index in [1.807, 2.05) is 19.2 Å². The Hall–Kier alpha value is -1.06. The molecule has 90 valence electrons. The third kappa shape index (κ3) is 2.97. The second kappa shape index (κ2) is 6.51. The molecule has 0 heterocycles. The molecule has 0 aliphatic rings. The van der Waals surface area contributed by atoms with E-state index < -0.39 is 0 Å². The van der Waals surface area contributed by atoms with Crippen molar-refractivity contribution in [2.45, 2.75) is 25.5 Å². The maximum atomic E-state index is 5.47. The molecule has 16 heavy (non-hydrogen) atoms. The molecule has 1 rings (SSSR count). The van der Waals surface area contributed by atoms with Crippen molar-refractivity contribution in [1.82, 2.24) is 5.32 Å². The van der Waals surface area contributed by atoms with Crippen LogP contribution in [-0.4, -0.2) is 27.4 Å². The molecule has 1 aromatic rings. The van der Waals surface area contributed by atoms with Crippen LogP contribution in [0.1, 0.15) is 24.9 Å². The number of hydrogen-bond acceptors (Lipinski definition) is 3. The minimum atomic E-state index is 0.193. The predicted molar refractivity (Wildman–Crippen MR) is 65.9 cm³/mol. The fourth-order valence-corrected chi connectivity index (χ4v) is 1.92. The Morgan fingerprint density at radius 2 is 1.81 bits per heavy atom. The van der Waals surface area contributed by atoms with Crippen molar-refractivity contribution in [2.75, 3.05) is 21.3 Å². The van der Waals surface area contributed by atoms with Crippen LogP contribution >= 0.6 is 0 Å². The van der Waals surface area contributed by atoms with Gasteiger partial charge in [0.1, 0.15) is 5.75 Å². The zero-order valence-electron chi connectivity index (χ0n) is 10.5. The van der Waals surface area contributed by atoms with Crippen molar-refractivity contribution in [3.05, 3.63) is 29.8 Å². The van der Waals surface area contributed by atoms with E-state index >= 15 is 0 Å². The Bertz CT molecular complexity index is 293. The lowest BCUT2D eigenvalue weighted by atomic mass is 9.99. The molecule has 0 fully saturated rings. The van der Waals surface area contributed by atoms with E-state index in [0.717, 1.165) is 12.2 Å². The Morgan fingerprint density at radius 1 is 1.19 bits per heavy atom. The van der Waals surface area contributed by atoms with Crippen molar-refractivity contribution < 1.29 is 9.47 Å². The van der Waals surface area contributed by atoms with Crippen LogP contribution in [0.15, 0.2) is 24.3 Å². The van der Waals surface area contributed by atoms with E-state index in [4.69, 9.17) is 9.47 Å². The summed E-state index contributed by atoms with van der Waals surface area (Å²) in [5, 5.41) is 3.29. The molecule has 0 amide bonds. The van der Waals surface area contributed by atoms with E-state index in [1.54, 1.807) is 14.2 Å². The van der Waals surface area contributed by atoms with Gasteiger partial charge in [-0.1, -0.05) is 19.1 Å². The van der Waals surface area contributed by atoms with Crippen molar-refractivity contribution in [2.24, 2.45) is 0 Å². The lowest BCUT2D eigenvalue weighted by Crippen LogP contribution is -2.30. The van der Waals surface area contributed by atoms with Crippen LogP contribution < -0.4 is 10.1 Å². The summed E-state index contributed by atoms with van der Waals surface area (Å²) in [6.07, 6.45) is 1.17. The van der Waals surface area contributed by atoms with Crippen LogP contribution in [0.3, 0.4) is 0 Å². The number of rotatable bonds is 6. The molecule has 2 unspecified atom stereocenters. The van der Waals surface area contributed by atoms with Crippen LogP contribution in [-0.2, 0) is 4.74 Å². The second-order valence-corrected chi connectivity index (χ2v) is 3.72. The summed E-state index contributed by atoms with van der Waals surface area (Å²) in [5.41, 5.74) is 1.22. The number of benzene rings is 1. The van der Waals surface area contributed by atoms with Crippen molar-refractivity contribution in [3.8, 4) is 5.75 Å². The molecule has 0 saturated heterocycles. The van der Waals surface area contributed by atoms with E-state index in [9.17, 15) is 0 Å². The summed E-state index contributed by atoms with van der Waals surface area (Å²) in [6, 6.07) is 8.31. The largest absolute Gasteiger partial charge is 0.497 e. The van der Waals surface area contributed by atoms with Gasteiger partial charge in [-0.2, -0.15) is 0 Å². The van der Waals surface area contributed by atoms with Gasteiger partial charge in [0.2, 0.25) is 0 Å². The quantitative estimate of drug-likeness (QED) is 0.803. The van der Waals surface area contributed by atoms with E-state index in [2.05, 4.69) is 24.4 Å². The highest BCUT2D eigenvalue weighted by atomic mass is 16.5. The number of ether oxygens (including phenoxy) is 2. The van der Waals surface area contributed by atoms with Gasteiger partial charge in [0.15, 0.2) is 0 Å². The molecule has 1 N–H and O–H groups in total. The lowest BCUT2D eigenvalue weighted by molar-refractivity contribution is 0.0675. The van der Waals surface area contributed by atoms with Gasteiger partial charge in [0.25, 0.3) is 0 Å². The van der Waals surface area contributed by atoms with Gasteiger partial charge in [-0.15, -0.1) is 0 Å². The molecular weight excluding hydrogens is 202 g/mol. The van der Waals surface area contributed by atoms with Crippen molar-refractivity contribution >= 4 is 0 Å². The first kappa shape index (κ1) is 13.0. The highest BCUT2D eigenvalue weighted by Gasteiger charge is 2.19. The highest BCUT2D eigenvalue weighted by molar-refractivity contribution is 5.29. The van der Waals surface area contributed by atoms with E-state index in [-0.39, 0.29) is 12.1 Å². The van der Waals surface area contributed by atoms with Crippen LogP contribution in [0.25, 0.3) is 0 Å². The monoisotopic (exact) mass is 223 g/mol. The normalized spacial score (nSPS) is 14.5. The Kier molecular flexibility index (Phi) is 5.29. The fourth-order valence-electron chi connectivity index (χ4n) is 1.92. The topological polar surface area (TPSA) is 30.5 Å². The first-order chi connectivity index (χ1) is 7.76. The number of likely N-dealkylation sites (N-methyl/N-ethyl adjacent to an activating group) is 1. The maximum absolute atomic E-state index is 5.47. The molecular formula is C13H21NO2. The van der Waals surface area contributed by atoms with Crippen LogP contribution in [0.2, 0.25) is 0 Å². The lowest BCUT2D eigenvalue weighted by Gasteiger charge is -2.25. The van der Waals surface area contributed by atoms with Gasteiger partial charge < -0.3 is 14.8 Å². The summed E-state index contributed by atoms with van der Waals surface area (Å²) < 4.78 is 10.6. The summed E-state index contributed by atoms with van der Waals surface area (Å²) in [6.45, 7) is 2.13. The number of methoxy groups -OCH3 is 2. The minimum Gasteiger partial charge on any atom is -0.497 e. The van der Waals surface area contributed by atoms with Gasteiger partial charge >= 0.3 is 0 Å². The van der Waals surface area contributed by atoms with E-state index in [0.29, 0.717) is 0 Å². The zero-order chi connectivity index (χ0) is 12.0. The van der Waals surface area contributed by atoms with Crippen LogP contribution in [0, 0.1) is 0 Å². The van der Waals surface area contributed by atoms with Gasteiger partial charge in [0.05, 0.1) is 19.3 Å². The molecule has 0 aromatic heterocycles. The molecule has 0 radical (unpaired) electrons. The molecule has 0 aliphatic heterocycles. The zero-order valence-corrected chi connectivity index (χ0v) is 10.5. The molecule has 3 heteroatoms. The second-order valence-electron chi connectivity index (χ2n) is 3.72. The summed E-state index contributed by atoms with van der Waals surface area (Å²) in [7, 11) is 5.38. The summed E-state index contributed by atoms with van der Waals surface area (Å²) in [4.78, 5) is 0. The summed E-state index contributed by atoms with van der Waals surface area (Å²) >= 11 is 0. The standard InChI is InChI=1S/C13H21NO2/c1-5-12(16-4)13(14-2)10-6-8-11(15-3)9-7-10/h6-9,12-14H,5H2,1-4H3. The molecule has 1 aromatic carbocycles. The third-order valence-corrected chi connectivity index (χ3v) is 2.86. The molecule has 0 aliphatic carbocycles. The molecule has 0 spiro atoms. The average molecular weight is 223 g/mol. The van der Waals surface area contributed by atoms with Gasteiger partial charge in [-0.3, -0.25) is 0 Å².